The Labute approximate surface area is 112 Å². The first kappa shape index (κ1) is 13.2. The molecule has 2 aromatic rings. The van der Waals surface area contributed by atoms with Gasteiger partial charge >= 0.3 is 0 Å². The van der Waals surface area contributed by atoms with Crippen molar-refractivity contribution in [2.45, 2.75) is 26.9 Å². The maximum atomic E-state index is 8.80. The predicted octanol–water partition coefficient (Wildman–Crippen LogP) is 1.59. The van der Waals surface area contributed by atoms with Gasteiger partial charge in [0.1, 0.15) is 11.8 Å². The smallest absolute Gasteiger partial charge is 0.140 e. The van der Waals surface area contributed by atoms with E-state index in [1.165, 1.54) is 11.3 Å². The molecule has 2 aromatic heterocycles. The largest absolute Gasteiger partial charge is 0.308 e. The van der Waals surface area contributed by atoms with Crippen LogP contribution in [0.2, 0.25) is 0 Å². The van der Waals surface area contributed by atoms with Crippen LogP contribution in [0, 0.1) is 25.2 Å². The summed E-state index contributed by atoms with van der Waals surface area (Å²) in [5, 5.41) is 16.6. The van der Waals surface area contributed by atoms with Gasteiger partial charge < -0.3 is 5.32 Å². The van der Waals surface area contributed by atoms with Gasteiger partial charge in [-0.3, -0.25) is 4.68 Å². The lowest BCUT2D eigenvalue weighted by molar-refractivity contribution is 0.683. The van der Waals surface area contributed by atoms with Crippen LogP contribution < -0.4 is 5.32 Å². The molecule has 0 spiro atoms. The summed E-state index contributed by atoms with van der Waals surface area (Å²) < 4.78 is 1.90. The molecular formula is C14H17N5. The zero-order valence-electron chi connectivity index (χ0n) is 11.4. The van der Waals surface area contributed by atoms with Crippen molar-refractivity contribution in [3.05, 3.63) is 46.5 Å². The van der Waals surface area contributed by atoms with E-state index in [1.807, 2.05) is 30.8 Å². The molecule has 0 saturated carbocycles. The van der Waals surface area contributed by atoms with E-state index in [0.717, 1.165) is 17.8 Å². The SMILES string of the molecule is Cc1nn(C)c(C)c1CNCc1ccnc(C#N)c1. The van der Waals surface area contributed by atoms with Gasteiger partial charge in [0.2, 0.25) is 0 Å². The fraction of sp³-hybridized carbons (Fsp3) is 0.357. The quantitative estimate of drug-likeness (QED) is 0.901. The zero-order valence-corrected chi connectivity index (χ0v) is 11.4. The third-order valence-corrected chi connectivity index (χ3v) is 3.23. The first-order chi connectivity index (χ1) is 9.11. The lowest BCUT2D eigenvalue weighted by atomic mass is 10.2. The summed E-state index contributed by atoms with van der Waals surface area (Å²) in [5.74, 6) is 0. The van der Waals surface area contributed by atoms with Gasteiger partial charge in [-0.1, -0.05) is 0 Å². The highest BCUT2D eigenvalue weighted by Crippen LogP contribution is 2.11. The molecule has 19 heavy (non-hydrogen) atoms. The monoisotopic (exact) mass is 255 g/mol. The number of aromatic nitrogens is 3. The van der Waals surface area contributed by atoms with Crippen LogP contribution in [0.1, 0.15) is 28.2 Å². The second kappa shape index (κ2) is 5.63. The van der Waals surface area contributed by atoms with Gasteiger partial charge in [-0.2, -0.15) is 10.4 Å². The van der Waals surface area contributed by atoms with Crippen molar-refractivity contribution in [1.29, 1.82) is 5.26 Å². The molecular weight excluding hydrogens is 238 g/mol. The van der Waals surface area contributed by atoms with Crippen LogP contribution in [-0.2, 0) is 20.1 Å². The van der Waals surface area contributed by atoms with Crippen molar-refractivity contribution in [2.75, 3.05) is 0 Å². The molecule has 5 heteroatoms. The normalized spacial score (nSPS) is 10.4. The van der Waals surface area contributed by atoms with E-state index in [2.05, 4.69) is 22.3 Å². The lowest BCUT2D eigenvalue weighted by Crippen LogP contribution is -2.14. The first-order valence-corrected chi connectivity index (χ1v) is 6.16. The summed E-state index contributed by atoms with van der Waals surface area (Å²) in [6.45, 7) is 5.57. The fourth-order valence-electron chi connectivity index (χ4n) is 2.05. The van der Waals surface area contributed by atoms with Crippen LogP contribution in [0.25, 0.3) is 0 Å². The number of hydrogen-bond donors (Lipinski definition) is 1. The molecule has 2 heterocycles. The molecule has 0 aliphatic carbocycles. The molecule has 0 bridgehead atoms. The predicted molar refractivity (Wildman–Crippen MR) is 72.2 cm³/mol. The topological polar surface area (TPSA) is 66.5 Å². The molecule has 98 valence electrons. The highest BCUT2D eigenvalue weighted by molar-refractivity contribution is 5.26. The highest BCUT2D eigenvalue weighted by atomic mass is 15.3. The van der Waals surface area contributed by atoms with Crippen molar-refractivity contribution in [1.82, 2.24) is 20.1 Å². The fourth-order valence-corrected chi connectivity index (χ4v) is 2.05. The van der Waals surface area contributed by atoms with Crippen molar-refractivity contribution >= 4 is 0 Å². The molecule has 0 aliphatic rings. The Morgan fingerprint density at radius 1 is 1.37 bits per heavy atom. The van der Waals surface area contributed by atoms with Crippen molar-refractivity contribution < 1.29 is 0 Å². The average molecular weight is 255 g/mol. The van der Waals surface area contributed by atoms with Crippen LogP contribution in [0.3, 0.4) is 0 Å². The Morgan fingerprint density at radius 3 is 2.79 bits per heavy atom. The van der Waals surface area contributed by atoms with E-state index < -0.39 is 0 Å². The summed E-state index contributed by atoms with van der Waals surface area (Å²) in [7, 11) is 1.95. The minimum absolute atomic E-state index is 0.452. The Balaban J connectivity index is 1.98. The van der Waals surface area contributed by atoms with Gasteiger partial charge in [0.15, 0.2) is 0 Å². The molecule has 0 atom stereocenters. The third-order valence-electron chi connectivity index (χ3n) is 3.23. The van der Waals surface area contributed by atoms with Crippen LogP contribution >= 0.6 is 0 Å². The number of rotatable bonds is 4. The van der Waals surface area contributed by atoms with Gasteiger partial charge in [-0.25, -0.2) is 4.98 Å². The number of hydrogen-bond acceptors (Lipinski definition) is 4. The van der Waals surface area contributed by atoms with Crippen LogP contribution in [0.4, 0.5) is 0 Å². The van der Waals surface area contributed by atoms with E-state index in [1.54, 1.807) is 12.3 Å². The maximum absolute atomic E-state index is 8.80. The molecule has 0 unspecified atom stereocenters. The first-order valence-electron chi connectivity index (χ1n) is 6.16. The second-order valence-electron chi connectivity index (χ2n) is 4.54. The standard InChI is InChI=1S/C14H17N5/c1-10-14(11(2)19(3)18-10)9-16-8-12-4-5-17-13(6-12)7-15/h4-6,16H,8-9H2,1-3H3. The van der Waals surface area contributed by atoms with Crippen molar-refractivity contribution in [2.24, 2.45) is 7.05 Å². The maximum Gasteiger partial charge on any atom is 0.140 e. The van der Waals surface area contributed by atoms with Crippen LogP contribution in [0.5, 0.6) is 0 Å². The zero-order chi connectivity index (χ0) is 13.8. The highest BCUT2D eigenvalue weighted by Gasteiger charge is 2.08. The van der Waals surface area contributed by atoms with Gasteiger partial charge in [-0.15, -0.1) is 0 Å². The lowest BCUT2D eigenvalue weighted by Gasteiger charge is -2.05. The van der Waals surface area contributed by atoms with Crippen molar-refractivity contribution in [3.8, 4) is 6.07 Å². The average Bonchev–Trinajstić information content (AvgIpc) is 2.65. The molecule has 2 rings (SSSR count). The van der Waals surface area contributed by atoms with E-state index >= 15 is 0 Å². The van der Waals surface area contributed by atoms with Gasteiger partial charge in [0.25, 0.3) is 0 Å². The Kier molecular flexibility index (Phi) is 3.93. The second-order valence-corrected chi connectivity index (χ2v) is 4.54. The van der Waals surface area contributed by atoms with Crippen molar-refractivity contribution in [3.63, 3.8) is 0 Å². The number of nitrogens with one attached hydrogen (secondary N) is 1. The minimum Gasteiger partial charge on any atom is -0.308 e. The van der Waals surface area contributed by atoms with Gasteiger partial charge in [-0.05, 0) is 31.5 Å². The molecule has 0 saturated heterocycles. The summed E-state index contributed by atoms with van der Waals surface area (Å²) in [6.07, 6.45) is 1.66. The molecule has 0 aliphatic heterocycles. The minimum atomic E-state index is 0.452. The number of nitrogens with zero attached hydrogens (tertiary/aromatic N) is 4. The van der Waals surface area contributed by atoms with E-state index in [-0.39, 0.29) is 0 Å². The molecule has 1 N–H and O–H groups in total. The number of aryl methyl sites for hydroxylation is 2. The van der Waals surface area contributed by atoms with E-state index in [4.69, 9.17) is 5.26 Å². The Hall–Kier alpha value is -2.19. The summed E-state index contributed by atoms with van der Waals surface area (Å²) in [4.78, 5) is 3.95. The summed E-state index contributed by atoms with van der Waals surface area (Å²) in [5.41, 5.74) is 4.98. The van der Waals surface area contributed by atoms with Crippen LogP contribution in [-0.4, -0.2) is 14.8 Å². The summed E-state index contributed by atoms with van der Waals surface area (Å²) in [6, 6.07) is 5.76. The van der Waals surface area contributed by atoms with E-state index in [9.17, 15) is 0 Å². The van der Waals surface area contributed by atoms with Gasteiger partial charge in [0.05, 0.1) is 5.69 Å². The molecule has 0 radical (unpaired) electrons. The Morgan fingerprint density at radius 2 is 2.16 bits per heavy atom. The summed E-state index contributed by atoms with van der Waals surface area (Å²) >= 11 is 0. The van der Waals surface area contributed by atoms with Gasteiger partial charge in [0, 0.05) is 37.6 Å². The molecule has 0 amide bonds. The number of pyridine rings is 1. The van der Waals surface area contributed by atoms with E-state index in [0.29, 0.717) is 12.2 Å². The molecule has 0 fully saturated rings. The molecule has 0 aromatic carbocycles. The molecule has 5 nitrogen and oxygen atoms in total. The van der Waals surface area contributed by atoms with Crippen LogP contribution in [0.15, 0.2) is 18.3 Å². The third kappa shape index (κ3) is 2.98. The Bertz CT molecular complexity index is 621. The number of nitriles is 1.